The van der Waals surface area contributed by atoms with Crippen LogP contribution >= 0.6 is 47.1 Å². The van der Waals surface area contributed by atoms with Gasteiger partial charge in [-0.25, -0.2) is 4.98 Å². The molecule has 0 bridgehead atoms. The van der Waals surface area contributed by atoms with Crippen LogP contribution in [-0.4, -0.2) is 47.7 Å². The second-order valence-electron chi connectivity index (χ2n) is 6.52. The maximum absolute atomic E-state index is 13.4. The molecule has 0 saturated carbocycles. The molecule has 0 aliphatic carbocycles. The molecule has 0 N–H and O–H groups in total. The maximum Gasteiger partial charge on any atom is 0.260 e. The van der Waals surface area contributed by atoms with E-state index in [-0.39, 0.29) is 18.3 Å². The number of carbonyl (C=O) groups is 1. The number of hydrogen-bond acceptors (Lipinski definition) is 5. The van der Waals surface area contributed by atoms with Crippen molar-refractivity contribution in [1.29, 1.82) is 0 Å². The number of benzene rings is 2. The van der Waals surface area contributed by atoms with E-state index in [2.05, 4.69) is 25.7 Å². The molecule has 30 heavy (non-hydrogen) atoms. The summed E-state index contributed by atoms with van der Waals surface area (Å²) in [6.45, 7) is 9.68. The summed E-state index contributed by atoms with van der Waals surface area (Å²) in [5.41, 5.74) is 1.43. The summed E-state index contributed by atoms with van der Waals surface area (Å²) >= 11 is 9.60. The van der Waals surface area contributed by atoms with Gasteiger partial charge in [-0.1, -0.05) is 49.8 Å². The van der Waals surface area contributed by atoms with E-state index in [1.54, 1.807) is 16.7 Å². The van der Waals surface area contributed by atoms with Crippen molar-refractivity contribution in [3.63, 3.8) is 0 Å². The molecular weight excluding hydrogens is 457 g/mol. The minimum Gasteiger partial charge on any atom is -0.302 e. The van der Waals surface area contributed by atoms with Crippen LogP contribution in [0.5, 0.6) is 0 Å². The third-order valence-corrected chi connectivity index (χ3v) is 7.02. The van der Waals surface area contributed by atoms with Gasteiger partial charge in [-0.15, -0.1) is 24.2 Å². The van der Waals surface area contributed by atoms with Gasteiger partial charge in [-0.2, -0.15) is 0 Å². The number of rotatable bonds is 9. The fourth-order valence-electron chi connectivity index (χ4n) is 3.10. The standard InChI is InChI=1S/C22H26ClN3OS2.ClH/c1-4-25(5-2)14-15-26(21(27)16-10-12-17(13-11-16)28-6-3)22-24-20-18(23)8-7-9-19(20)29-22;/h7-13H,4-6,14-15H2,1-3H3;1H. The Bertz CT molecular complexity index is 959. The van der Waals surface area contributed by atoms with Crippen molar-refractivity contribution in [2.75, 3.05) is 36.8 Å². The summed E-state index contributed by atoms with van der Waals surface area (Å²) in [4.78, 5) is 23.4. The van der Waals surface area contributed by atoms with Crippen LogP contribution in [0.25, 0.3) is 10.2 Å². The van der Waals surface area contributed by atoms with E-state index in [1.807, 2.05) is 42.5 Å². The number of thiazole rings is 1. The Balaban J connectivity index is 0.00000320. The molecule has 0 radical (unpaired) electrons. The first-order valence-electron chi connectivity index (χ1n) is 9.89. The van der Waals surface area contributed by atoms with Gasteiger partial charge in [0.2, 0.25) is 0 Å². The number of nitrogens with zero attached hydrogens (tertiary/aromatic N) is 3. The quantitative estimate of drug-likeness (QED) is 0.326. The zero-order valence-corrected chi connectivity index (χ0v) is 20.6. The Morgan fingerprint density at radius 2 is 1.77 bits per heavy atom. The second kappa shape index (κ2) is 11.9. The lowest BCUT2D eigenvalue weighted by atomic mass is 10.2. The van der Waals surface area contributed by atoms with Crippen molar-refractivity contribution in [3.05, 3.63) is 53.1 Å². The maximum atomic E-state index is 13.4. The summed E-state index contributed by atoms with van der Waals surface area (Å²) in [6.07, 6.45) is 0. The molecule has 3 rings (SSSR count). The van der Waals surface area contributed by atoms with Gasteiger partial charge in [0.05, 0.1) is 9.72 Å². The minimum atomic E-state index is -0.0274. The minimum absolute atomic E-state index is 0. The van der Waals surface area contributed by atoms with Gasteiger partial charge >= 0.3 is 0 Å². The lowest BCUT2D eigenvalue weighted by Crippen LogP contribution is -2.38. The first-order chi connectivity index (χ1) is 14.1. The van der Waals surface area contributed by atoms with E-state index in [4.69, 9.17) is 16.6 Å². The molecule has 4 nitrogen and oxygen atoms in total. The lowest BCUT2D eigenvalue weighted by Gasteiger charge is -2.24. The number of aromatic nitrogens is 1. The van der Waals surface area contributed by atoms with E-state index >= 15 is 0 Å². The number of likely N-dealkylation sites (N-methyl/N-ethyl adjacent to an activating group) is 1. The molecule has 0 fully saturated rings. The summed E-state index contributed by atoms with van der Waals surface area (Å²) in [5, 5.41) is 1.30. The van der Waals surface area contributed by atoms with Crippen LogP contribution in [0.1, 0.15) is 31.1 Å². The van der Waals surface area contributed by atoms with Crippen LogP contribution in [0.4, 0.5) is 5.13 Å². The van der Waals surface area contributed by atoms with Crippen LogP contribution in [0.3, 0.4) is 0 Å². The van der Waals surface area contributed by atoms with Crippen LogP contribution in [0.2, 0.25) is 5.02 Å². The molecule has 8 heteroatoms. The van der Waals surface area contributed by atoms with Gasteiger partial charge in [0.15, 0.2) is 5.13 Å². The fourth-order valence-corrected chi connectivity index (χ4v) is 5.05. The van der Waals surface area contributed by atoms with E-state index in [1.165, 1.54) is 16.2 Å². The van der Waals surface area contributed by atoms with Gasteiger partial charge < -0.3 is 4.90 Å². The first kappa shape index (κ1) is 25.0. The Kier molecular flexibility index (Phi) is 9.91. The SMILES string of the molecule is CCSc1ccc(C(=O)N(CCN(CC)CC)c2nc3c(Cl)cccc3s2)cc1.Cl. The Labute approximate surface area is 198 Å². The second-order valence-corrected chi connectivity index (χ2v) is 9.28. The molecule has 1 amide bonds. The van der Waals surface area contributed by atoms with Gasteiger partial charge in [-0.05, 0) is 55.2 Å². The van der Waals surface area contributed by atoms with Crippen LogP contribution in [0, 0.1) is 0 Å². The van der Waals surface area contributed by atoms with E-state index < -0.39 is 0 Å². The van der Waals surface area contributed by atoms with E-state index in [0.29, 0.717) is 22.3 Å². The first-order valence-corrected chi connectivity index (χ1v) is 12.1. The summed E-state index contributed by atoms with van der Waals surface area (Å²) in [5.74, 6) is 0.982. The molecule has 0 atom stereocenters. The highest BCUT2D eigenvalue weighted by molar-refractivity contribution is 7.99. The van der Waals surface area contributed by atoms with E-state index in [9.17, 15) is 4.79 Å². The molecular formula is C22H27Cl2N3OS2. The average molecular weight is 485 g/mol. The number of hydrogen-bond donors (Lipinski definition) is 0. The molecule has 3 aromatic rings. The van der Waals surface area contributed by atoms with Crippen LogP contribution in [0.15, 0.2) is 47.4 Å². The van der Waals surface area contributed by atoms with Crippen molar-refractivity contribution >= 4 is 68.4 Å². The number of amides is 1. The average Bonchev–Trinajstić information content (AvgIpc) is 3.17. The monoisotopic (exact) mass is 483 g/mol. The highest BCUT2D eigenvalue weighted by atomic mass is 35.5. The highest BCUT2D eigenvalue weighted by Crippen LogP contribution is 2.33. The largest absolute Gasteiger partial charge is 0.302 e. The van der Waals surface area contributed by atoms with Crippen molar-refractivity contribution in [3.8, 4) is 0 Å². The lowest BCUT2D eigenvalue weighted by molar-refractivity contribution is 0.0983. The Morgan fingerprint density at radius 3 is 2.37 bits per heavy atom. The van der Waals surface area contributed by atoms with Gasteiger partial charge in [0, 0.05) is 23.5 Å². The number of carbonyl (C=O) groups excluding carboxylic acids is 1. The third kappa shape index (κ3) is 5.89. The molecule has 2 aromatic carbocycles. The topological polar surface area (TPSA) is 36.4 Å². The number of thioether (sulfide) groups is 1. The number of para-hydroxylation sites is 1. The number of anilines is 1. The van der Waals surface area contributed by atoms with Crippen molar-refractivity contribution < 1.29 is 4.79 Å². The van der Waals surface area contributed by atoms with E-state index in [0.717, 1.165) is 35.6 Å². The molecule has 162 valence electrons. The van der Waals surface area contributed by atoms with Crippen molar-refractivity contribution in [2.24, 2.45) is 0 Å². The number of fused-ring (bicyclic) bond motifs is 1. The summed E-state index contributed by atoms with van der Waals surface area (Å²) < 4.78 is 0.989. The zero-order valence-electron chi connectivity index (χ0n) is 17.4. The summed E-state index contributed by atoms with van der Waals surface area (Å²) in [7, 11) is 0. The van der Waals surface area contributed by atoms with Gasteiger partial charge in [-0.3, -0.25) is 9.69 Å². The normalized spacial score (nSPS) is 11.0. The smallest absolute Gasteiger partial charge is 0.260 e. The number of halogens is 2. The molecule has 0 spiro atoms. The zero-order chi connectivity index (χ0) is 20.8. The molecule has 0 aliphatic rings. The predicted molar refractivity (Wildman–Crippen MR) is 134 cm³/mol. The van der Waals surface area contributed by atoms with Gasteiger partial charge in [0.1, 0.15) is 5.52 Å². The Morgan fingerprint density at radius 1 is 1.07 bits per heavy atom. The van der Waals surface area contributed by atoms with Crippen LogP contribution in [-0.2, 0) is 0 Å². The molecule has 0 aliphatic heterocycles. The third-order valence-electron chi connectivity index (χ3n) is 4.78. The fraction of sp³-hybridized carbons (Fsp3) is 0.364. The van der Waals surface area contributed by atoms with Crippen molar-refractivity contribution in [2.45, 2.75) is 25.7 Å². The molecule has 1 heterocycles. The Hall–Kier alpha value is -1.31. The molecule has 1 aromatic heterocycles. The van der Waals surface area contributed by atoms with Gasteiger partial charge in [0.25, 0.3) is 5.91 Å². The van der Waals surface area contributed by atoms with Crippen LogP contribution < -0.4 is 4.90 Å². The highest BCUT2D eigenvalue weighted by Gasteiger charge is 2.22. The molecule has 0 unspecified atom stereocenters. The van der Waals surface area contributed by atoms with Crippen molar-refractivity contribution in [1.82, 2.24) is 9.88 Å². The predicted octanol–water partition coefficient (Wildman–Crippen LogP) is 6.47. The summed E-state index contributed by atoms with van der Waals surface area (Å²) in [6, 6.07) is 13.6. The molecule has 0 saturated heterocycles.